The number of rotatable bonds is 8. The number of carbonyl (C=O) groups excluding carboxylic acids is 2. The first-order valence-electron chi connectivity index (χ1n) is 8.46. The van der Waals surface area contributed by atoms with Crippen LogP contribution < -0.4 is 20.1 Å². The molecule has 0 aliphatic carbocycles. The molecule has 2 amide bonds. The van der Waals surface area contributed by atoms with Gasteiger partial charge in [0.15, 0.2) is 21.3 Å². The summed E-state index contributed by atoms with van der Waals surface area (Å²) in [7, 11) is -3.61. The molecule has 9 heteroatoms. The molecule has 8 nitrogen and oxygen atoms in total. The molecule has 2 N–H and O–H groups in total. The zero-order chi connectivity index (χ0) is 19.2. The zero-order valence-corrected chi connectivity index (χ0v) is 15.7. The van der Waals surface area contributed by atoms with Crippen molar-refractivity contribution < 1.29 is 27.5 Å². The Bertz CT molecular complexity index is 761. The number of hydrogen-bond donors (Lipinski definition) is 2. The molecule has 0 fully saturated rings. The fourth-order valence-corrected chi connectivity index (χ4v) is 3.49. The number of amides is 2. The molecule has 1 aromatic carbocycles. The molecule has 1 aromatic rings. The van der Waals surface area contributed by atoms with E-state index in [0.717, 1.165) is 0 Å². The Balaban J connectivity index is 1.80. The molecule has 2 rings (SSSR count). The van der Waals surface area contributed by atoms with Gasteiger partial charge in [-0.3, -0.25) is 9.59 Å². The summed E-state index contributed by atoms with van der Waals surface area (Å²) in [6, 6.07) is 4.42. The van der Waals surface area contributed by atoms with Crippen molar-refractivity contribution >= 4 is 21.7 Å². The van der Waals surface area contributed by atoms with Crippen molar-refractivity contribution in [3.05, 3.63) is 18.2 Å². The smallest absolute Gasteiger partial charge is 0.222 e. The quantitative estimate of drug-likeness (QED) is 0.632. The second kappa shape index (κ2) is 8.88. The minimum Gasteiger partial charge on any atom is -0.486 e. The lowest BCUT2D eigenvalue weighted by atomic mass is 10.2. The van der Waals surface area contributed by atoms with E-state index in [0.29, 0.717) is 31.3 Å². The van der Waals surface area contributed by atoms with Crippen LogP contribution in [0.15, 0.2) is 23.1 Å². The van der Waals surface area contributed by atoms with Gasteiger partial charge >= 0.3 is 0 Å². The molecular weight excluding hydrogens is 360 g/mol. The monoisotopic (exact) mass is 384 g/mol. The van der Waals surface area contributed by atoms with E-state index in [9.17, 15) is 18.0 Å². The second-order valence-corrected chi connectivity index (χ2v) is 8.28. The fraction of sp³-hybridized carbons (Fsp3) is 0.529. The molecule has 0 atom stereocenters. The van der Waals surface area contributed by atoms with Crippen molar-refractivity contribution in [2.75, 3.05) is 32.1 Å². The van der Waals surface area contributed by atoms with Crippen LogP contribution in [0.5, 0.6) is 11.5 Å². The van der Waals surface area contributed by atoms with Crippen LogP contribution in [0.4, 0.5) is 0 Å². The first-order chi connectivity index (χ1) is 12.3. The Morgan fingerprint density at radius 1 is 1.08 bits per heavy atom. The zero-order valence-electron chi connectivity index (χ0n) is 14.9. The van der Waals surface area contributed by atoms with Gasteiger partial charge in [0.1, 0.15) is 13.2 Å². The van der Waals surface area contributed by atoms with Gasteiger partial charge in [-0.15, -0.1) is 0 Å². The number of benzene rings is 1. The highest BCUT2D eigenvalue weighted by Gasteiger charge is 2.20. The molecule has 144 valence electrons. The molecule has 0 saturated carbocycles. The Morgan fingerprint density at radius 2 is 1.73 bits per heavy atom. The number of sulfone groups is 1. The molecular formula is C17H24N2O6S. The third-order valence-corrected chi connectivity index (χ3v) is 5.46. The Labute approximate surface area is 153 Å². The topological polar surface area (TPSA) is 111 Å². The molecule has 26 heavy (non-hydrogen) atoms. The van der Waals surface area contributed by atoms with E-state index in [-0.39, 0.29) is 41.3 Å². The Morgan fingerprint density at radius 3 is 2.42 bits per heavy atom. The van der Waals surface area contributed by atoms with Gasteiger partial charge in [0.2, 0.25) is 11.8 Å². The van der Waals surface area contributed by atoms with Gasteiger partial charge in [0.05, 0.1) is 10.6 Å². The standard InChI is InChI=1S/C17H24N2O6S/c1-12(2)17(21)19-7-6-18-16(20)5-10-26(22,23)13-3-4-14-15(11-13)25-9-8-24-14/h3-4,11-12H,5-10H2,1-2H3,(H,18,20)(H,19,21). The number of ether oxygens (including phenoxy) is 2. The maximum Gasteiger partial charge on any atom is 0.222 e. The summed E-state index contributed by atoms with van der Waals surface area (Å²) in [5.74, 6) is -0.0112. The molecule has 0 aromatic heterocycles. The van der Waals surface area contributed by atoms with Crippen LogP contribution in [-0.4, -0.2) is 52.3 Å². The molecule has 0 bridgehead atoms. The summed E-state index contributed by atoms with van der Waals surface area (Å²) in [6.45, 7) is 4.90. The molecule has 0 saturated heterocycles. The van der Waals surface area contributed by atoms with Crippen molar-refractivity contribution in [1.82, 2.24) is 10.6 Å². The van der Waals surface area contributed by atoms with E-state index in [1.165, 1.54) is 12.1 Å². The normalized spacial score (nSPS) is 13.3. The van der Waals surface area contributed by atoms with Crippen LogP contribution in [-0.2, 0) is 19.4 Å². The van der Waals surface area contributed by atoms with Crippen LogP contribution in [0.3, 0.4) is 0 Å². The molecule has 0 radical (unpaired) electrons. The predicted octanol–water partition coefficient (Wildman–Crippen LogP) is 0.510. The van der Waals surface area contributed by atoms with Crippen molar-refractivity contribution in [2.24, 2.45) is 5.92 Å². The minimum atomic E-state index is -3.61. The van der Waals surface area contributed by atoms with Gasteiger partial charge in [0.25, 0.3) is 0 Å². The van der Waals surface area contributed by atoms with Crippen LogP contribution in [0.1, 0.15) is 20.3 Å². The van der Waals surface area contributed by atoms with Gasteiger partial charge in [-0.05, 0) is 12.1 Å². The van der Waals surface area contributed by atoms with Crippen molar-refractivity contribution in [3.8, 4) is 11.5 Å². The first-order valence-corrected chi connectivity index (χ1v) is 10.1. The van der Waals surface area contributed by atoms with Gasteiger partial charge in [0, 0.05) is 31.5 Å². The summed E-state index contributed by atoms with van der Waals surface area (Å²) < 4.78 is 35.5. The largest absolute Gasteiger partial charge is 0.486 e. The summed E-state index contributed by atoms with van der Waals surface area (Å²) in [5.41, 5.74) is 0. The summed E-state index contributed by atoms with van der Waals surface area (Å²) in [6.07, 6.45) is -0.158. The third kappa shape index (κ3) is 5.62. The predicted molar refractivity (Wildman–Crippen MR) is 95.0 cm³/mol. The summed E-state index contributed by atoms with van der Waals surface area (Å²) in [5, 5.41) is 5.26. The van der Waals surface area contributed by atoms with Gasteiger partial charge in [-0.2, -0.15) is 0 Å². The van der Waals surface area contributed by atoms with Crippen molar-refractivity contribution in [2.45, 2.75) is 25.2 Å². The Hall–Kier alpha value is -2.29. The van der Waals surface area contributed by atoms with Crippen LogP contribution in [0.2, 0.25) is 0 Å². The third-order valence-electron chi connectivity index (χ3n) is 3.74. The van der Waals surface area contributed by atoms with Crippen molar-refractivity contribution in [3.63, 3.8) is 0 Å². The lowest BCUT2D eigenvalue weighted by Crippen LogP contribution is -2.36. The number of carbonyl (C=O) groups is 2. The fourth-order valence-electron chi connectivity index (χ4n) is 2.24. The highest BCUT2D eigenvalue weighted by Crippen LogP contribution is 2.32. The Kier molecular flexibility index (Phi) is 6.84. The van der Waals surface area contributed by atoms with Gasteiger partial charge < -0.3 is 20.1 Å². The maximum atomic E-state index is 12.4. The highest BCUT2D eigenvalue weighted by molar-refractivity contribution is 7.91. The van der Waals surface area contributed by atoms with Crippen LogP contribution in [0.25, 0.3) is 0 Å². The first kappa shape index (κ1) is 20.0. The average molecular weight is 384 g/mol. The lowest BCUT2D eigenvalue weighted by molar-refractivity contribution is -0.124. The number of fused-ring (bicyclic) bond motifs is 1. The van der Waals surface area contributed by atoms with Gasteiger partial charge in [-0.1, -0.05) is 13.8 Å². The van der Waals surface area contributed by atoms with E-state index >= 15 is 0 Å². The van der Waals surface area contributed by atoms with E-state index in [1.807, 2.05) is 0 Å². The van der Waals surface area contributed by atoms with E-state index in [4.69, 9.17) is 9.47 Å². The summed E-state index contributed by atoms with van der Waals surface area (Å²) >= 11 is 0. The molecule has 1 aliphatic rings. The van der Waals surface area contributed by atoms with E-state index in [2.05, 4.69) is 10.6 Å². The van der Waals surface area contributed by atoms with E-state index in [1.54, 1.807) is 19.9 Å². The molecule has 0 spiro atoms. The van der Waals surface area contributed by atoms with Gasteiger partial charge in [-0.25, -0.2) is 8.42 Å². The second-order valence-electron chi connectivity index (χ2n) is 6.17. The number of hydrogen-bond acceptors (Lipinski definition) is 6. The summed E-state index contributed by atoms with van der Waals surface area (Å²) in [4.78, 5) is 23.3. The minimum absolute atomic E-state index is 0.0961. The van der Waals surface area contributed by atoms with E-state index < -0.39 is 9.84 Å². The number of nitrogens with one attached hydrogen (secondary N) is 2. The molecule has 1 heterocycles. The highest BCUT2D eigenvalue weighted by atomic mass is 32.2. The molecule has 1 aliphatic heterocycles. The lowest BCUT2D eigenvalue weighted by Gasteiger charge is -2.18. The average Bonchev–Trinajstić information content (AvgIpc) is 2.63. The molecule has 0 unspecified atom stereocenters. The van der Waals surface area contributed by atoms with Crippen LogP contribution >= 0.6 is 0 Å². The van der Waals surface area contributed by atoms with Crippen LogP contribution in [0, 0.1) is 5.92 Å². The van der Waals surface area contributed by atoms with Crippen molar-refractivity contribution in [1.29, 1.82) is 0 Å². The maximum absolute atomic E-state index is 12.4. The SMILES string of the molecule is CC(C)C(=O)NCCNC(=O)CCS(=O)(=O)c1ccc2c(c1)OCCO2.